The first-order valence-electron chi connectivity index (χ1n) is 9.66. The van der Waals surface area contributed by atoms with Gasteiger partial charge in [-0.1, -0.05) is 54.6 Å². The molecule has 0 bridgehead atoms. The Morgan fingerprint density at radius 3 is 2.35 bits per heavy atom. The first-order valence-corrected chi connectivity index (χ1v) is 11.1. The highest BCUT2D eigenvalue weighted by Crippen LogP contribution is 2.29. The molecule has 3 aromatic rings. The van der Waals surface area contributed by atoms with E-state index in [2.05, 4.69) is 10.0 Å². The number of fused-ring (bicyclic) bond motifs is 1. The number of anilines is 1. The van der Waals surface area contributed by atoms with Crippen LogP contribution in [0.2, 0.25) is 0 Å². The van der Waals surface area contributed by atoms with E-state index in [4.69, 9.17) is 10.5 Å². The van der Waals surface area contributed by atoms with Crippen LogP contribution in [0.25, 0.3) is 10.8 Å². The van der Waals surface area contributed by atoms with E-state index in [1.165, 1.54) is 0 Å². The van der Waals surface area contributed by atoms with Crippen LogP contribution in [0, 0.1) is 0 Å². The monoisotopic (exact) mass is 461 g/mol. The average molecular weight is 462 g/mol. The quantitative estimate of drug-likeness (QED) is 0.500. The molecule has 9 heteroatoms. The van der Waals surface area contributed by atoms with Crippen LogP contribution in [-0.2, 0) is 26.0 Å². The van der Waals surface area contributed by atoms with Crippen LogP contribution in [0.1, 0.15) is 5.56 Å². The molecule has 0 aliphatic carbocycles. The summed E-state index contributed by atoms with van der Waals surface area (Å²) in [5, 5.41) is 4.01. The molecule has 4 rings (SSSR count). The fraction of sp³-hybridized carbons (Fsp3) is 0.227. The number of hydrogen-bond acceptors (Lipinski definition) is 5. The normalized spacial score (nSPS) is 15.0. The number of hydrogen-bond donors (Lipinski definition) is 3. The van der Waals surface area contributed by atoms with Gasteiger partial charge in [-0.25, -0.2) is 13.1 Å². The van der Waals surface area contributed by atoms with Crippen molar-refractivity contribution in [3.05, 3.63) is 72.3 Å². The Morgan fingerprint density at radius 1 is 1.00 bits per heavy atom. The van der Waals surface area contributed by atoms with Crippen LogP contribution in [0.15, 0.2) is 71.6 Å². The van der Waals surface area contributed by atoms with Gasteiger partial charge in [-0.2, -0.15) is 0 Å². The Balaban J connectivity index is 0.00000272. The van der Waals surface area contributed by atoms with E-state index in [1.807, 2.05) is 30.3 Å². The van der Waals surface area contributed by atoms with Crippen molar-refractivity contribution in [1.82, 2.24) is 4.72 Å². The van der Waals surface area contributed by atoms with Crippen molar-refractivity contribution in [2.24, 2.45) is 5.73 Å². The lowest BCUT2D eigenvalue weighted by atomic mass is 10.1. The molecule has 0 radical (unpaired) electrons. The molecule has 1 fully saturated rings. The molecule has 164 valence electrons. The Labute approximate surface area is 187 Å². The first-order chi connectivity index (χ1) is 14.4. The number of sulfonamides is 1. The first kappa shape index (κ1) is 23.2. The molecule has 0 saturated carbocycles. The summed E-state index contributed by atoms with van der Waals surface area (Å²) in [6.07, 6.45) is 0.407. The summed E-state index contributed by atoms with van der Waals surface area (Å²) in [5.74, 6) is -0.329. The third-order valence-electron chi connectivity index (χ3n) is 5.02. The van der Waals surface area contributed by atoms with E-state index in [1.54, 1.807) is 36.4 Å². The van der Waals surface area contributed by atoms with Gasteiger partial charge in [0.2, 0.25) is 15.9 Å². The third kappa shape index (κ3) is 5.23. The Morgan fingerprint density at radius 2 is 1.68 bits per heavy atom. The van der Waals surface area contributed by atoms with Gasteiger partial charge in [0.1, 0.15) is 0 Å². The summed E-state index contributed by atoms with van der Waals surface area (Å²) >= 11 is 0. The van der Waals surface area contributed by atoms with Gasteiger partial charge in [0.05, 0.1) is 30.2 Å². The number of amides is 1. The Hall–Kier alpha value is -2.49. The number of carbonyl (C=O) groups is 1. The summed E-state index contributed by atoms with van der Waals surface area (Å²) in [7, 11) is -3.72. The van der Waals surface area contributed by atoms with Gasteiger partial charge in [-0.3, -0.25) is 4.79 Å². The molecule has 31 heavy (non-hydrogen) atoms. The Bertz CT molecular complexity index is 1170. The lowest BCUT2D eigenvalue weighted by Crippen LogP contribution is -2.48. The lowest BCUT2D eigenvalue weighted by molar-refractivity contribution is -0.117. The van der Waals surface area contributed by atoms with E-state index in [-0.39, 0.29) is 29.3 Å². The number of nitrogens with one attached hydrogen (secondary N) is 2. The van der Waals surface area contributed by atoms with Gasteiger partial charge in [-0.05, 0) is 24.1 Å². The second-order valence-corrected chi connectivity index (χ2v) is 8.98. The summed E-state index contributed by atoms with van der Waals surface area (Å²) in [5.41, 5.74) is 7.58. The van der Waals surface area contributed by atoms with E-state index in [0.29, 0.717) is 36.1 Å². The van der Waals surface area contributed by atoms with E-state index in [0.717, 1.165) is 5.56 Å². The molecule has 1 saturated heterocycles. The topological polar surface area (TPSA) is 111 Å². The van der Waals surface area contributed by atoms with Gasteiger partial charge in [0.25, 0.3) is 0 Å². The van der Waals surface area contributed by atoms with E-state index < -0.39 is 16.1 Å². The number of rotatable bonds is 7. The van der Waals surface area contributed by atoms with E-state index in [9.17, 15) is 13.2 Å². The molecule has 1 atom stereocenters. The fourth-order valence-corrected chi connectivity index (χ4v) is 4.82. The molecule has 1 heterocycles. The maximum absolute atomic E-state index is 12.8. The maximum atomic E-state index is 12.8. The molecule has 7 nitrogen and oxygen atoms in total. The number of ether oxygens (including phenoxy) is 1. The molecule has 3 aromatic carbocycles. The molecule has 0 unspecified atom stereocenters. The largest absolute Gasteiger partial charge is 0.378 e. The highest BCUT2D eigenvalue weighted by atomic mass is 35.5. The van der Waals surface area contributed by atoms with Crippen molar-refractivity contribution in [3.8, 4) is 0 Å². The van der Waals surface area contributed by atoms with Crippen LogP contribution in [0.4, 0.5) is 5.69 Å². The number of benzene rings is 3. The molecule has 4 N–H and O–H groups in total. The molecular weight excluding hydrogens is 438 g/mol. The minimum atomic E-state index is -3.72. The standard InChI is InChI=1S/C22H23N3O4S.ClH/c23-19(12-15-6-2-1-3-7-15)22(26)24-20-10-4-9-18-17(20)8-5-11-21(18)30(27,28)25-16-13-29-14-16;/h1-11,16,19,25H,12-14,23H2,(H,24,26);1H/t19-;/m0./s1. The third-order valence-corrected chi connectivity index (χ3v) is 6.60. The van der Waals surface area contributed by atoms with Crippen molar-refractivity contribution < 1.29 is 17.9 Å². The summed E-state index contributed by atoms with van der Waals surface area (Å²) in [6, 6.07) is 18.8. The van der Waals surface area contributed by atoms with Crippen LogP contribution in [0.3, 0.4) is 0 Å². The second-order valence-electron chi connectivity index (χ2n) is 7.30. The van der Waals surface area contributed by atoms with Crippen LogP contribution >= 0.6 is 12.4 Å². The second kappa shape index (κ2) is 9.76. The van der Waals surface area contributed by atoms with Crippen LogP contribution in [0.5, 0.6) is 0 Å². The zero-order valence-corrected chi connectivity index (χ0v) is 18.3. The minimum absolute atomic E-state index is 0. The zero-order valence-electron chi connectivity index (χ0n) is 16.7. The molecule has 1 aliphatic rings. The predicted octanol–water partition coefficient (Wildman–Crippen LogP) is 2.45. The van der Waals surface area contributed by atoms with Crippen LogP contribution in [-0.4, -0.2) is 39.6 Å². The van der Waals surface area contributed by atoms with Crippen molar-refractivity contribution in [1.29, 1.82) is 0 Å². The van der Waals surface area contributed by atoms with Crippen molar-refractivity contribution >= 4 is 44.8 Å². The fourth-order valence-electron chi connectivity index (χ4n) is 3.40. The smallest absolute Gasteiger partial charge is 0.241 e. The van der Waals surface area contributed by atoms with Gasteiger partial charge in [0, 0.05) is 16.5 Å². The minimum Gasteiger partial charge on any atom is -0.378 e. The number of carbonyl (C=O) groups excluding carboxylic acids is 1. The van der Waals surface area contributed by atoms with Crippen molar-refractivity contribution in [3.63, 3.8) is 0 Å². The lowest BCUT2D eigenvalue weighted by Gasteiger charge is -2.26. The molecule has 0 spiro atoms. The van der Waals surface area contributed by atoms with E-state index >= 15 is 0 Å². The highest BCUT2D eigenvalue weighted by Gasteiger charge is 2.27. The van der Waals surface area contributed by atoms with Crippen molar-refractivity contribution in [2.75, 3.05) is 18.5 Å². The van der Waals surface area contributed by atoms with Gasteiger partial charge < -0.3 is 15.8 Å². The Kier molecular flexibility index (Phi) is 7.30. The summed E-state index contributed by atoms with van der Waals surface area (Å²) < 4.78 is 33.3. The molecular formula is C22H24ClN3O4S. The van der Waals surface area contributed by atoms with Crippen molar-refractivity contribution in [2.45, 2.75) is 23.4 Å². The predicted molar refractivity (Wildman–Crippen MR) is 123 cm³/mol. The van der Waals surface area contributed by atoms with Gasteiger partial charge in [-0.15, -0.1) is 12.4 Å². The zero-order chi connectivity index (χ0) is 21.1. The number of nitrogens with two attached hydrogens (primary N) is 1. The maximum Gasteiger partial charge on any atom is 0.241 e. The SMILES string of the molecule is Cl.N[C@@H](Cc1ccccc1)C(=O)Nc1cccc2c(S(=O)(=O)NC3COC3)cccc12. The number of halogens is 1. The summed E-state index contributed by atoms with van der Waals surface area (Å²) in [4.78, 5) is 12.8. The van der Waals surface area contributed by atoms with Gasteiger partial charge >= 0.3 is 0 Å². The van der Waals surface area contributed by atoms with Gasteiger partial charge in [0.15, 0.2) is 0 Å². The summed E-state index contributed by atoms with van der Waals surface area (Å²) in [6.45, 7) is 0.731. The van der Waals surface area contributed by atoms with Crippen LogP contribution < -0.4 is 15.8 Å². The molecule has 1 amide bonds. The molecule has 1 aliphatic heterocycles. The molecule has 0 aromatic heterocycles. The highest BCUT2D eigenvalue weighted by molar-refractivity contribution is 7.89. The average Bonchev–Trinajstić information content (AvgIpc) is 2.71.